The molecule has 0 saturated carbocycles. The van der Waals surface area contributed by atoms with E-state index in [1.165, 1.54) is 0 Å². The van der Waals surface area contributed by atoms with Crippen molar-refractivity contribution in [1.82, 2.24) is 15.5 Å². The summed E-state index contributed by atoms with van der Waals surface area (Å²) >= 11 is 0. The molecule has 2 aromatic rings. The van der Waals surface area contributed by atoms with Gasteiger partial charge in [-0.15, -0.1) is 0 Å². The molecule has 2 aromatic carbocycles. The average molecular weight is 422 g/mol. The Morgan fingerprint density at radius 2 is 1.84 bits per heavy atom. The molecule has 31 heavy (non-hydrogen) atoms. The summed E-state index contributed by atoms with van der Waals surface area (Å²) in [5.74, 6) is 0.623. The number of fused-ring (bicyclic) bond motifs is 1. The van der Waals surface area contributed by atoms with Crippen molar-refractivity contribution in [2.75, 3.05) is 31.5 Å². The molecule has 7 heteroatoms. The predicted molar refractivity (Wildman–Crippen MR) is 124 cm³/mol. The number of carbonyl (C=O) groups excluding carboxylic acids is 2. The smallest absolute Gasteiger partial charge is 0.244 e. The van der Waals surface area contributed by atoms with Crippen LogP contribution < -0.4 is 16.0 Å². The van der Waals surface area contributed by atoms with Gasteiger partial charge in [0.25, 0.3) is 0 Å². The summed E-state index contributed by atoms with van der Waals surface area (Å²) in [6, 6.07) is 17.8. The normalized spacial score (nSPS) is 15.6. The first-order chi connectivity index (χ1) is 15.1. The maximum absolute atomic E-state index is 12.7. The SMILES string of the molecule is CCNC(=NCC(=O)N(CC)Cc1ccccc1)NCC1CC(=O)Nc2ccccc21. The average Bonchev–Trinajstić information content (AvgIpc) is 2.79. The van der Waals surface area contributed by atoms with E-state index in [0.29, 0.717) is 38.6 Å². The quantitative estimate of drug-likeness (QED) is 0.452. The molecule has 164 valence electrons. The second-order valence-corrected chi connectivity index (χ2v) is 7.51. The van der Waals surface area contributed by atoms with Crippen molar-refractivity contribution >= 4 is 23.5 Å². The van der Waals surface area contributed by atoms with E-state index in [4.69, 9.17) is 0 Å². The van der Waals surface area contributed by atoms with Gasteiger partial charge in [0.15, 0.2) is 5.96 Å². The number of likely N-dealkylation sites (N-methyl/N-ethyl adjacent to an activating group) is 1. The largest absolute Gasteiger partial charge is 0.357 e. The number of guanidine groups is 1. The molecular weight excluding hydrogens is 390 g/mol. The minimum absolute atomic E-state index is 0.0158. The number of amides is 2. The van der Waals surface area contributed by atoms with E-state index in [1.54, 1.807) is 4.90 Å². The van der Waals surface area contributed by atoms with Crippen LogP contribution in [-0.2, 0) is 16.1 Å². The second kappa shape index (κ2) is 11.2. The topological polar surface area (TPSA) is 85.8 Å². The van der Waals surface area contributed by atoms with Crippen LogP contribution in [0.15, 0.2) is 59.6 Å². The molecule has 0 saturated heterocycles. The number of aliphatic imine (C=N–C) groups is 1. The van der Waals surface area contributed by atoms with E-state index in [0.717, 1.165) is 16.8 Å². The zero-order valence-electron chi connectivity index (χ0n) is 18.2. The molecule has 0 spiro atoms. The lowest BCUT2D eigenvalue weighted by molar-refractivity contribution is -0.130. The first-order valence-electron chi connectivity index (χ1n) is 10.8. The number of hydrogen-bond acceptors (Lipinski definition) is 3. The molecule has 3 rings (SSSR count). The summed E-state index contributed by atoms with van der Waals surface area (Å²) in [7, 11) is 0. The summed E-state index contributed by atoms with van der Waals surface area (Å²) in [6.45, 7) is 6.47. The maximum Gasteiger partial charge on any atom is 0.244 e. The number of benzene rings is 2. The third-order valence-electron chi connectivity index (χ3n) is 5.29. The minimum Gasteiger partial charge on any atom is -0.357 e. The molecular formula is C24H31N5O2. The van der Waals surface area contributed by atoms with Crippen LogP contribution in [0, 0.1) is 0 Å². The zero-order valence-corrected chi connectivity index (χ0v) is 18.2. The van der Waals surface area contributed by atoms with E-state index in [-0.39, 0.29) is 24.3 Å². The molecule has 1 aliphatic rings. The molecule has 3 N–H and O–H groups in total. The molecule has 1 atom stereocenters. The van der Waals surface area contributed by atoms with Crippen molar-refractivity contribution in [3.63, 3.8) is 0 Å². The first-order valence-corrected chi connectivity index (χ1v) is 10.8. The van der Waals surface area contributed by atoms with Crippen molar-refractivity contribution < 1.29 is 9.59 Å². The zero-order chi connectivity index (χ0) is 22.1. The Labute approximate surface area is 183 Å². The summed E-state index contributed by atoms with van der Waals surface area (Å²) in [5.41, 5.74) is 3.07. The molecule has 1 heterocycles. The summed E-state index contributed by atoms with van der Waals surface area (Å²) in [5, 5.41) is 9.41. The van der Waals surface area contributed by atoms with Gasteiger partial charge in [-0.05, 0) is 31.0 Å². The Bertz CT molecular complexity index is 913. The third kappa shape index (κ3) is 6.31. The van der Waals surface area contributed by atoms with Gasteiger partial charge < -0.3 is 20.9 Å². The lowest BCUT2D eigenvalue weighted by atomic mass is 9.90. The molecule has 0 fully saturated rings. The number of anilines is 1. The van der Waals surface area contributed by atoms with Crippen LogP contribution >= 0.6 is 0 Å². The molecule has 0 bridgehead atoms. The van der Waals surface area contributed by atoms with Crippen LogP contribution in [0.4, 0.5) is 5.69 Å². The van der Waals surface area contributed by atoms with Crippen LogP contribution in [0.2, 0.25) is 0 Å². The molecule has 2 amide bonds. The van der Waals surface area contributed by atoms with Crippen molar-refractivity contribution in [2.24, 2.45) is 4.99 Å². The minimum atomic E-state index is -0.0223. The van der Waals surface area contributed by atoms with Crippen molar-refractivity contribution in [3.8, 4) is 0 Å². The second-order valence-electron chi connectivity index (χ2n) is 7.51. The Hall–Kier alpha value is -3.35. The van der Waals surface area contributed by atoms with Crippen LogP contribution in [0.5, 0.6) is 0 Å². The number of carbonyl (C=O) groups is 2. The fourth-order valence-corrected chi connectivity index (χ4v) is 3.67. The Kier molecular flexibility index (Phi) is 8.04. The number of para-hydroxylation sites is 1. The Balaban J connectivity index is 1.61. The van der Waals surface area contributed by atoms with Gasteiger partial charge in [0.1, 0.15) is 6.54 Å². The van der Waals surface area contributed by atoms with Gasteiger partial charge in [-0.3, -0.25) is 9.59 Å². The van der Waals surface area contributed by atoms with Gasteiger partial charge in [-0.2, -0.15) is 0 Å². The number of nitrogens with one attached hydrogen (secondary N) is 3. The molecule has 0 aliphatic carbocycles. The monoisotopic (exact) mass is 421 g/mol. The summed E-state index contributed by atoms with van der Waals surface area (Å²) in [4.78, 5) is 31.0. The maximum atomic E-state index is 12.7. The van der Waals surface area contributed by atoms with Gasteiger partial charge in [0.05, 0.1) is 0 Å². The lowest BCUT2D eigenvalue weighted by Gasteiger charge is -2.26. The van der Waals surface area contributed by atoms with E-state index in [9.17, 15) is 9.59 Å². The van der Waals surface area contributed by atoms with E-state index in [1.807, 2.05) is 68.4 Å². The van der Waals surface area contributed by atoms with Gasteiger partial charge in [-0.1, -0.05) is 48.5 Å². The Morgan fingerprint density at radius 1 is 1.10 bits per heavy atom. The van der Waals surface area contributed by atoms with Crippen LogP contribution in [0.25, 0.3) is 0 Å². The van der Waals surface area contributed by atoms with Gasteiger partial charge in [0, 0.05) is 44.2 Å². The highest BCUT2D eigenvalue weighted by atomic mass is 16.2. The lowest BCUT2D eigenvalue weighted by Crippen LogP contribution is -2.41. The first kappa shape index (κ1) is 22.3. The predicted octanol–water partition coefficient (Wildman–Crippen LogP) is 2.72. The summed E-state index contributed by atoms with van der Waals surface area (Å²) < 4.78 is 0. The van der Waals surface area contributed by atoms with E-state index >= 15 is 0 Å². The van der Waals surface area contributed by atoms with Gasteiger partial charge >= 0.3 is 0 Å². The van der Waals surface area contributed by atoms with Crippen molar-refractivity contribution in [2.45, 2.75) is 32.7 Å². The van der Waals surface area contributed by atoms with Crippen molar-refractivity contribution in [3.05, 3.63) is 65.7 Å². The van der Waals surface area contributed by atoms with Crippen molar-refractivity contribution in [1.29, 1.82) is 0 Å². The number of hydrogen-bond donors (Lipinski definition) is 3. The molecule has 0 radical (unpaired) electrons. The molecule has 1 aliphatic heterocycles. The van der Waals surface area contributed by atoms with Crippen LogP contribution in [0.3, 0.4) is 0 Å². The van der Waals surface area contributed by atoms with E-state index in [2.05, 4.69) is 20.9 Å². The highest BCUT2D eigenvalue weighted by Crippen LogP contribution is 2.31. The highest BCUT2D eigenvalue weighted by Gasteiger charge is 2.24. The van der Waals surface area contributed by atoms with Crippen LogP contribution in [-0.4, -0.2) is 48.9 Å². The number of nitrogens with zero attached hydrogens (tertiary/aromatic N) is 2. The number of rotatable bonds is 8. The molecule has 7 nitrogen and oxygen atoms in total. The Morgan fingerprint density at radius 3 is 2.58 bits per heavy atom. The highest BCUT2D eigenvalue weighted by molar-refractivity contribution is 5.95. The third-order valence-corrected chi connectivity index (χ3v) is 5.29. The van der Waals surface area contributed by atoms with Gasteiger partial charge in [0.2, 0.25) is 11.8 Å². The standard InChI is InChI=1S/C24H31N5O2/c1-3-25-24(26-15-19-14-22(30)28-21-13-9-8-12-20(19)21)27-16-23(31)29(4-2)17-18-10-6-5-7-11-18/h5-13,19H,3-4,14-17H2,1-2H3,(H,28,30)(H2,25,26,27). The summed E-state index contributed by atoms with van der Waals surface area (Å²) in [6.07, 6.45) is 0.420. The van der Waals surface area contributed by atoms with E-state index < -0.39 is 0 Å². The fourth-order valence-electron chi connectivity index (χ4n) is 3.67. The van der Waals surface area contributed by atoms with Gasteiger partial charge in [-0.25, -0.2) is 4.99 Å². The molecule has 1 unspecified atom stereocenters. The van der Waals surface area contributed by atoms with Crippen LogP contribution in [0.1, 0.15) is 37.3 Å². The fraction of sp³-hybridized carbons (Fsp3) is 0.375. The molecule has 0 aromatic heterocycles.